The fourth-order valence-electron chi connectivity index (χ4n) is 3.52. The summed E-state index contributed by atoms with van der Waals surface area (Å²) >= 11 is 15.5. The van der Waals surface area contributed by atoms with E-state index >= 15 is 0 Å². The molecule has 0 bridgehead atoms. The van der Waals surface area contributed by atoms with Crippen molar-refractivity contribution < 1.29 is 9.47 Å². The topological polar surface area (TPSA) is 18.5 Å². The maximum atomic E-state index is 6.01. The highest BCUT2D eigenvalue weighted by atomic mass is 127. The number of ether oxygens (including phenoxy) is 2. The van der Waals surface area contributed by atoms with E-state index in [4.69, 9.17) is 9.47 Å². The molecule has 0 saturated carbocycles. The largest absolute Gasteiger partial charge is 0.494 e. The van der Waals surface area contributed by atoms with Gasteiger partial charge in [-0.15, -0.1) is 22.7 Å². The summed E-state index contributed by atoms with van der Waals surface area (Å²) in [6.45, 7) is 1.48. The van der Waals surface area contributed by atoms with Crippen LogP contribution in [-0.2, 0) is 0 Å². The van der Waals surface area contributed by atoms with Crippen LogP contribution in [0.25, 0.3) is 22.3 Å². The van der Waals surface area contributed by atoms with Crippen LogP contribution in [0.2, 0.25) is 0 Å². The van der Waals surface area contributed by atoms with Crippen LogP contribution in [0.3, 0.4) is 0 Å². The second kappa shape index (κ2) is 13.4. The van der Waals surface area contributed by atoms with Gasteiger partial charge < -0.3 is 9.47 Å². The van der Waals surface area contributed by atoms with E-state index in [1.54, 1.807) is 22.7 Å². The molecule has 4 aromatic rings. The van der Waals surface area contributed by atoms with Crippen molar-refractivity contribution in [2.75, 3.05) is 13.2 Å². The third-order valence-electron chi connectivity index (χ3n) is 5.18. The molecule has 2 aromatic carbocycles. The van der Waals surface area contributed by atoms with Crippen molar-refractivity contribution in [3.63, 3.8) is 0 Å². The van der Waals surface area contributed by atoms with Crippen LogP contribution in [0, 0.1) is 5.77 Å². The summed E-state index contributed by atoms with van der Waals surface area (Å²) in [4.78, 5) is 0. The Labute approximate surface area is 253 Å². The van der Waals surface area contributed by atoms with Crippen LogP contribution in [0.15, 0.2) is 68.2 Å². The minimum atomic E-state index is 0.739. The predicted molar refractivity (Wildman–Crippen MR) is 170 cm³/mol. The lowest BCUT2D eigenvalue weighted by Crippen LogP contribution is -2.00. The Morgan fingerprint density at radius 1 is 0.618 bits per heavy atom. The maximum absolute atomic E-state index is 6.01. The number of hydrogen-bond donors (Lipinski definition) is 0. The average Bonchev–Trinajstić information content (AvgIpc) is 3.35. The molecule has 4 rings (SSSR count). The van der Waals surface area contributed by atoms with Gasteiger partial charge in [-0.05, 0) is 150 Å². The van der Waals surface area contributed by atoms with E-state index in [-0.39, 0.29) is 0 Å². The minimum Gasteiger partial charge on any atom is -0.494 e. The lowest BCUT2D eigenvalue weighted by atomic mass is 10.1. The quantitative estimate of drug-likeness (QED) is 0.111. The van der Waals surface area contributed by atoms with Crippen molar-refractivity contribution in [3.05, 3.63) is 74.0 Å². The molecule has 0 aliphatic heterocycles. The molecule has 0 N–H and O–H groups in total. The molecule has 34 heavy (non-hydrogen) atoms. The van der Waals surface area contributed by atoms with Gasteiger partial charge in [0.05, 0.1) is 26.6 Å². The molecule has 2 nitrogen and oxygen atoms in total. The van der Waals surface area contributed by atoms with Gasteiger partial charge in [0.15, 0.2) is 0 Å². The number of rotatable bonds is 11. The SMILES string of the molecule is Brc1sc(I)cc1-c1cccc(OCCCCCCOc2cccc(-c3cc(I)sc3Br)c2)c1. The number of hydrogen-bond acceptors (Lipinski definition) is 4. The highest BCUT2D eigenvalue weighted by molar-refractivity contribution is 14.1. The number of benzene rings is 2. The van der Waals surface area contributed by atoms with Crippen LogP contribution in [-0.4, -0.2) is 13.2 Å². The molecular weight excluding hydrogens is 822 g/mol. The van der Waals surface area contributed by atoms with Crippen LogP contribution < -0.4 is 9.47 Å². The molecular formula is C26H22Br2I2O2S2. The first kappa shape index (κ1) is 26.9. The van der Waals surface area contributed by atoms with Crippen molar-refractivity contribution in [2.24, 2.45) is 0 Å². The molecule has 0 atom stereocenters. The van der Waals surface area contributed by atoms with E-state index in [0.29, 0.717) is 0 Å². The fourth-order valence-corrected chi connectivity index (χ4v) is 10.3. The first-order valence-corrected chi connectivity index (χ1v) is 16.2. The van der Waals surface area contributed by atoms with Crippen LogP contribution in [0.1, 0.15) is 25.7 Å². The zero-order chi connectivity index (χ0) is 23.9. The van der Waals surface area contributed by atoms with E-state index in [1.165, 1.54) is 28.0 Å². The molecule has 0 fully saturated rings. The van der Waals surface area contributed by atoms with E-state index in [9.17, 15) is 0 Å². The lowest BCUT2D eigenvalue weighted by molar-refractivity contribution is 0.287. The molecule has 0 aliphatic carbocycles. The third-order valence-corrected chi connectivity index (χ3v) is 10.4. The van der Waals surface area contributed by atoms with Gasteiger partial charge in [-0.3, -0.25) is 0 Å². The molecule has 0 radical (unpaired) electrons. The van der Waals surface area contributed by atoms with Gasteiger partial charge in [0.2, 0.25) is 0 Å². The second-order valence-electron chi connectivity index (χ2n) is 7.64. The van der Waals surface area contributed by atoms with Crippen LogP contribution in [0.5, 0.6) is 11.5 Å². The summed E-state index contributed by atoms with van der Waals surface area (Å²) in [5, 5.41) is 0. The monoisotopic (exact) mass is 842 g/mol. The van der Waals surface area contributed by atoms with Gasteiger partial charge in [-0.1, -0.05) is 24.3 Å². The summed E-state index contributed by atoms with van der Waals surface area (Å²) < 4.78 is 16.9. The summed E-state index contributed by atoms with van der Waals surface area (Å²) in [5.74, 6) is 1.86. The highest BCUT2D eigenvalue weighted by Gasteiger charge is 2.10. The first-order valence-electron chi connectivity index (χ1n) is 10.9. The molecule has 0 aliphatic rings. The third kappa shape index (κ3) is 7.68. The Kier molecular flexibility index (Phi) is 10.6. The van der Waals surface area contributed by atoms with Gasteiger partial charge in [-0.2, -0.15) is 0 Å². The van der Waals surface area contributed by atoms with Gasteiger partial charge in [0, 0.05) is 11.1 Å². The summed E-state index contributed by atoms with van der Waals surface area (Å²) in [7, 11) is 0. The normalized spacial score (nSPS) is 11.1. The van der Waals surface area contributed by atoms with Crippen LogP contribution >= 0.6 is 99.7 Å². The average molecular weight is 844 g/mol. The lowest BCUT2D eigenvalue weighted by Gasteiger charge is -2.09. The smallest absolute Gasteiger partial charge is 0.119 e. The Hall–Kier alpha value is -0.140. The maximum Gasteiger partial charge on any atom is 0.119 e. The van der Waals surface area contributed by atoms with Crippen molar-refractivity contribution in [3.8, 4) is 33.8 Å². The molecule has 2 heterocycles. The van der Waals surface area contributed by atoms with Gasteiger partial charge in [-0.25, -0.2) is 0 Å². The Morgan fingerprint density at radius 3 is 1.44 bits per heavy atom. The molecule has 0 amide bonds. The van der Waals surface area contributed by atoms with E-state index in [0.717, 1.165) is 58.0 Å². The molecule has 2 aromatic heterocycles. The van der Waals surface area contributed by atoms with Gasteiger partial charge in [0.1, 0.15) is 11.5 Å². The Morgan fingerprint density at radius 2 is 1.06 bits per heavy atom. The van der Waals surface area contributed by atoms with Crippen LogP contribution in [0.4, 0.5) is 0 Å². The Balaban J connectivity index is 1.15. The molecule has 178 valence electrons. The zero-order valence-electron chi connectivity index (χ0n) is 18.2. The van der Waals surface area contributed by atoms with Crippen molar-refractivity contribution in [2.45, 2.75) is 25.7 Å². The van der Waals surface area contributed by atoms with E-state index in [1.807, 2.05) is 12.1 Å². The van der Waals surface area contributed by atoms with Gasteiger partial charge >= 0.3 is 0 Å². The second-order valence-corrected chi connectivity index (χ2v) is 16.2. The first-order chi connectivity index (χ1) is 16.5. The number of unbranched alkanes of at least 4 members (excludes halogenated alkanes) is 3. The summed E-state index contributed by atoms with van der Waals surface area (Å²) in [6, 6.07) is 21.1. The minimum absolute atomic E-state index is 0.739. The molecule has 8 heteroatoms. The number of thiophene rings is 2. The summed E-state index contributed by atoms with van der Waals surface area (Å²) in [6.07, 6.45) is 4.37. The van der Waals surface area contributed by atoms with Crippen molar-refractivity contribution >= 4 is 99.7 Å². The van der Waals surface area contributed by atoms with Gasteiger partial charge in [0.25, 0.3) is 0 Å². The molecule has 0 unspecified atom stereocenters. The van der Waals surface area contributed by atoms with E-state index in [2.05, 4.69) is 126 Å². The summed E-state index contributed by atoms with van der Waals surface area (Å²) in [5.41, 5.74) is 4.82. The molecule has 0 spiro atoms. The van der Waals surface area contributed by atoms with E-state index < -0.39 is 0 Å². The predicted octanol–water partition coefficient (Wildman–Crippen LogP) is 10.9. The standard InChI is InChI=1S/C26H22Br2I2O2S2/c27-25-21(15-23(29)33-25)17-7-5-9-19(13-17)31-11-3-1-2-4-12-32-20-10-6-8-18(14-20)22-16-24(30)34-26(22)28/h5-10,13-16H,1-4,11-12H2. The Bertz CT molecular complexity index is 1140. The molecule has 0 saturated heterocycles. The number of halogens is 4. The highest BCUT2D eigenvalue weighted by Crippen LogP contribution is 2.38. The van der Waals surface area contributed by atoms with Crippen molar-refractivity contribution in [1.82, 2.24) is 0 Å². The van der Waals surface area contributed by atoms with Crippen molar-refractivity contribution in [1.29, 1.82) is 0 Å². The fraction of sp³-hybridized carbons (Fsp3) is 0.231. The zero-order valence-corrected chi connectivity index (χ0v) is 27.3.